The predicted molar refractivity (Wildman–Crippen MR) is 87.6 cm³/mol. The Hall–Kier alpha value is -1.39. The normalized spacial score (nSPS) is 12.5. The van der Waals surface area contributed by atoms with Crippen LogP contribution in [0.15, 0.2) is 36.9 Å². The van der Waals surface area contributed by atoms with Gasteiger partial charge in [-0.3, -0.25) is 9.69 Å². The topological polar surface area (TPSA) is 29.5 Å². The molecule has 0 bridgehead atoms. The number of alkyl halides is 1. The minimum Gasteiger partial charge on any atom is -0.462 e. The number of hydrogen-bond donors (Lipinski definition) is 0. The Labute approximate surface area is 136 Å². The Kier molecular flexibility index (Phi) is 8.13. The van der Waals surface area contributed by atoms with Crippen LogP contribution in [0.25, 0.3) is 0 Å². The van der Waals surface area contributed by atoms with Gasteiger partial charge in [0.2, 0.25) is 0 Å². The molecule has 0 heterocycles. The van der Waals surface area contributed by atoms with Crippen LogP contribution in [0.1, 0.15) is 19.4 Å². The number of ether oxygens (including phenoxy) is 1. The molecule has 0 radical (unpaired) electrons. The number of hydrogen-bond acceptors (Lipinski definition) is 3. The first-order valence-electron chi connectivity index (χ1n) is 7.31. The average Bonchev–Trinajstić information content (AvgIpc) is 2.47. The third kappa shape index (κ3) is 6.58. The predicted octanol–water partition coefficient (Wildman–Crippen LogP) is 3.87. The second-order valence-corrected chi connectivity index (χ2v) is 5.86. The second kappa shape index (κ2) is 9.59. The lowest BCUT2D eigenvalue weighted by atomic mass is 10.2. The van der Waals surface area contributed by atoms with E-state index < -0.39 is 6.17 Å². The van der Waals surface area contributed by atoms with Gasteiger partial charge in [-0.05, 0) is 11.6 Å². The van der Waals surface area contributed by atoms with E-state index in [0.717, 1.165) is 5.56 Å². The fourth-order valence-corrected chi connectivity index (χ4v) is 2.12. The maximum atomic E-state index is 14.0. The van der Waals surface area contributed by atoms with Crippen LogP contribution in [0.5, 0.6) is 0 Å². The third-order valence-corrected chi connectivity index (χ3v) is 3.44. The molecule has 1 unspecified atom stereocenters. The van der Waals surface area contributed by atoms with Crippen LogP contribution in [0.2, 0.25) is 5.02 Å². The smallest absolute Gasteiger partial charge is 0.308 e. The minimum atomic E-state index is -1.25. The van der Waals surface area contributed by atoms with E-state index in [9.17, 15) is 9.18 Å². The highest BCUT2D eigenvalue weighted by molar-refractivity contribution is 6.31. The number of rotatable bonds is 9. The van der Waals surface area contributed by atoms with Crippen molar-refractivity contribution in [1.82, 2.24) is 4.90 Å². The summed E-state index contributed by atoms with van der Waals surface area (Å²) in [5, 5.41) is 0.651. The summed E-state index contributed by atoms with van der Waals surface area (Å²) in [6, 6.07) is 7.46. The van der Waals surface area contributed by atoms with Gasteiger partial charge < -0.3 is 4.74 Å². The van der Waals surface area contributed by atoms with E-state index in [2.05, 4.69) is 6.58 Å². The van der Waals surface area contributed by atoms with E-state index in [1.54, 1.807) is 26.0 Å². The summed E-state index contributed by atoms with van der Waals surface area (Å²) in [4.78, 5) is 13.2. The van der Waals surface area contributed by atoms with E-state index in [-0.39, 0.29) is 25.0 Å². The molecular weight excluding hydrogens is 305 g/mol. The Morgan fingerprint density at radius 2 is 2.14 bits per heavy atom. The molecule has 22 heavy (non-hydrogen) atoms. The van der Waals surface area contributed by atoms with Crippen LogP contribution >= 0.6 is 11.6 Å². The zero-order valence-corrected chi connectivity index (χ0v) is 13.9. The summed E-state index contributed by atoms with van der Waals surface area (Å²) in [5.74, 6) is -0.636. The molecule has 0 spiro atoms. The van der Waals surface area contributed by atoms with Gasteiger partial charge in [0.15, 0.2) is 0 Å². The van der Waals surface area contributed by atoms with Gasteiger partial charge in [-0.2, -0.15) is 0 Å². The standard InChI is InChI=1S/C17H23ClFNO2/c1-4-9-20(10-14-7-5-6-8-16(14)18)11-15(19)12-22-17(21)13(2)3/h4-8,13,15H,1,9-12H2,2-3H3. The first kappa shape index (κ1) is 18.7. The molecule has 0 aromatic heterocycles. The van der Waals surface area contributed by atoms with Crippen molar-refractivity contribution in [3.05, 3.63) is 47.5 Å². The minimum absolute atomic E-state index is 0.155. The van der Waals surface area contributed by atoms with Crippen LogP contribution in [-0.2, 0) is 16.1 Å². The zero-order valence-electron chi connectivity index (χ0n) is 13.1. The highest BCUT2D eigenvalue weighted by atomic mass is 35.5. The van der Waals surface area contributed by atoms with Crippen LogP contribution in [-0.4, -0.2) is 36.7 Å². The fourth-order valence-electron chi connectivity index (χ4n) is 1.93. The molecule has 122 valence electrons. The first-order valence-corrected chi connectivity index (χ1v) is 7.69. The lowest BCUT2D eigenvalue weighted by molar-refractivity contribution is -0.149. The first-order chi connectivity index (χ1) is 10.4. The number of esters is 1. The Balaban J connectivity index is 2.55. The summed E-state index contributed by atoms with van der Waals surface area (Å²) in [5.41, 5.74) is 0.928. The highest BCUT2D eigenvalue weighted by Crippen LogP contribution is 2.17. The Morgan fingerprint density at radius 1 is 1.45 bits per heavy atom. The van der Waals surface area contributed by atoms with Crippen LogP contribution in [0.4, 0.5) is 4.39 Å². The number of nitrogens with zero attached hydrogens (tertiary/aromatic N) is 1. The number of carbonyl (C=O) groups is 1. The van der Waals surface area contributed by atoms with E-state index >= 15 is 0 Å². The summed E-state index contributed by atoms with van der Waals surface area (Å²) >= 11 is 6.13. The van der Waals surface area contributed by atoms with Crippen molar-refractivity contribution in [2.75, 3.05) is 19.7 Å². The van der Waals surface area contributed by atoms with Crippen molar-refractivity contribution in [2.45, 2.75) is 26.6 Å². The van der Waals surface area contributed by atoms with E-state index in [0.29, 0.717) is 18.1 Å². The molecule has 1 rings (SSSR count). The summed E-state index contributed by atoms with van der Waals surface area (Å²) in [6.45, 7) is 8.10. The van der Waals surface area contributed by atoms with Gasteiger partial charge in [0.1, 0.15) is 12.8 Å². The third-order valence-electron chi connectivity index (χ3n) is 3.07. The number of halogens is 2. The van der Waals surface area contributed by atoms with Crippen molar-refractivity contribution in [3.8, 4) is 0 Å². The van der Waals surface area contributed by atoms with E-state index in [4.69, 9.17) is 16.3 Å². The number of carbonyl (C=O) groups excluding carboxylic acids is 1. The molecule has 1 aromatic rings. The molecule has 5 heteroatoms. The van der Waals surface area contributed by atoms with E-state index in [1.165, 1.54) is 0 Å². The quantitative estimate of drug-likeness (QED) is 0.509. The molecule has 1 atom stereocenters. The van der Waals surface area contributed by atoms with Gasteiger partial charge in [-0.15, -0.1) is 6.58 Å². The number of benzene rings is 1. The molecule has 0 saturated carbocycles. The Bertz CT molecular complexity index is 493. The molecule has 0 amide bonds. The SMILES string of the molecule is C=CCN(Cc1ccccc1Cl)CC(F)COC(=O)C(C)C. The summed E-state index contributed by atoms with van der Waals surface area (Å²) in [6.07, 6.45) is 0.467. The largest absolute Gasteiger partial charge is 0.462 e. The maximum Gasteiger partial charge on any atom is 0.308 e. The summed E-state index contributed by atoms with van der Waals surface area (Å²) in [7, 11) is 0. The van der Waals surface area contributed by atoms with Gasteiger partial charge in [0.05, 0.1) is 5.92 Å². The van der Waals surface area contributed by atoms with Crippen LogP contribution in [0.3, 0.4) is 0 Å². The molecule has 0 aliphatic rings. The van der Waals surface area contributed by atoms with Crippen LogP contribution in [0, 0.1) is 5.92 Å². The molecule has 0 N–H and O–H groups in total. The summed E-state index contributed by atoms with van der Waals surface area (Å²) < 4.78 is 18.9. The molecular formula is C17H23ClFNO2. The molecule has 3 nitrogen and oxygen atoms in total. The fraction of sp³-hybridized carbons (Fsp3) is 0.471. The molecule has 0 aliphatic carbocycles. The lowest BCUT2D eigenvalue weighted by Gasteiger charge is -2.23. The molecule has 0 saturated heterocycles. The molecule has 0 aliphatic heterocycles. The van der Waals surface area contributed by atoms with Crippen molar-refractivity contribution < 1.29 is 13.9 Å². The lowest BCUT2D eigenvalue weighted by Crippen LogP contribution is -2.33. The highest BCUT2D eigenvalue weighted by Gasteiger charge is 2.17. The monoisotopic (exact) mass is 327 g/mol. The Morgan fingerprint density at radius 3 is 2.73 bits per heavy atom. The van der Waals surface area contributed by atoms with Gasteiger partial charge in [0.25, 0.3) is 0 Å². The van der Waals surface area contributed by atoms with Crippen molar-refractivity contribution in [1.29, 1.82) is 0 Å². The van der Waals surface area contributed by atoms with Gasteiger partial charge in [0, 0.05) is 24.7 Å². The van der Waals surface area contributed by atoms with Gasteiger partial charge in [-0.1, -0.05) is 49.7 Å². The van der Waals surface area contributed by atoms with Crippen molar-refractivity contribution in [3.63, 3.8) is 0 Å². The van der Waals surface area contributed by atoms with Gasteiger partial charge >= 0.3 is 5.97 Å². The van der Waals surface area contributed by atoms with Gasteiger partial charge in [-0.25, -0.2) is 4.39 Å². The molecule has 0 fully saturated rings. The van der Waals surface area contributed by atoms with E-state index in [1.807, 2.05) is 23.1 Å². The van der Waals surface area contributed by atoms with Crippen molar-refractivity contribution in [2.24, 2.45) is 5.92 Å². The maximum absolute atomic E-state index is 14.0. The van der Waals surface area contributed by atoms with Crippen molar-refractivity contribution >= 4 is 17.6 Å². The second-order valence-electron chi connectivity index (χ2n) is 5.46. The van der Waals surface area contributed by atoms with Crippen LogP contribution < -0.4 is 0 Å². The molecule has 1 aromatic carbocycles. The average molecular weight is 328 g/mol. The zero-order chi connectivity index (χ0) is 16.5.